The number of nitriles is 1. The molecule has 1 saturated carbocycles. The van der Waals surface area contributed by atoms with Crippen molar-refractivity contribution in [3.05, 3.63) is 0 Å². The van der Waals surface area contributed by atoms with E-state index in [0.29, 0.717) is 24.5 Å². The highest BCUT2D eigenvalue weighted by Gasteiger charge is 2.28. The number of nitrogens with zero attached hydrogens (tertiary/aromatic N) is 2. The van der Waals surface area contributed by atoms with Crippen LogP contribution in [0.4, 0.5) is 0 Å². The third-order valence-corrected chi connectivity index (χ3v) is 3.06. The maximum absolute atomic E-state index is 8.59. The fourth-order valence-corrected chi connectivity index (χ4v) is 2.33. The predicted octanol–water partition coefficient (Wildman–Crippen LogP) is 1.49. The summed E-state index contributed by atoms with van der Waals surface area (Å²) in [6, 6.07) is 3.73. The van der Waals surface area contributed by atoms with E-state index >= 15 is 0 Å². The van der Waals surface area contributed by atoms with Gasteiger partial charge in [0.25, 0.3) is 0 Å². The van der Waals surface area contributed by atoms with Crippen molar-refractivity contribution in [3.8, 4) is 6.07 Å². The minimum absolute atomic E-state index is 0.378. The highest BCUT2D eigenvalue weighted by Crippen LogP contribution is 2.24. The summed E-state index contributed by atoms with van der Waals surface area (Å²) in [4.78, 5) is 2.43. The Morgan fingerprint density at radius 3 is 2.64 bits per heavy atom. The van der Waals surface area contributed by atoms with Gasteiger partial charge in [0.05, 0.1) is 6.07 Å². The molecule has 3 heteroatoms. The van der Waals surface area contributed by atoms with Crippen molar-refractivity contribution < 1.29 is 0 Å². The standard InChI is InChI=1S/C11H21N3/c1-9(2)14(7-3-6-12)11-5-4-10(13)8-11/h9-11H,3-5,7-8,13H2,1-2H3. The average Bonchev–Trinajstić information content (AvgIpc) is 2.52. The van der Waals surface area contributed by atoms with Gasteiger partial charge in [-0.3, -0.25) is 4.90 Å². The molecule has 1 fully saturated rings. The summed E-state index contributed by atoms with van der Waals surface area (Å²) in [7, 11) is 0. The molecule has 2 unspecified atom stereocenters. The quantitative estimate of drug-likeness (QED) is 0.739. The fourth-order valence-electron chi connectivity index (χ4n) is 2.33. The molecule has 0 aromatic heterocycles. The zero-order chi connectivity index (χ0) is 10.6. The van der Waals surface area contributed by atoms with Crippen LogP contribution in [0.25, 0.3) is 0 Å². The molecule has 80 valence electrons. The van der Waals surface area contributed by atoms with E-state index in [4.69, 9.17) is 11.0 Å². The summed E-state index contributed by atoms with van der Waals surface area (Å²) in [5.74, 6) is 0. The van der Waals surface area contributed by atoms with Crippen molar-refractivity contribution in [2.75, 3.05) is 6.54 Å². The van der Waals surface area contributed by atoms with Gasteiger partial charge >= 0.3 is 0 Å². The van der Waals surface area contributed by atoms with Gasteiger partial charge in [0.1, 0.15) is 0 Å². The Bertz CT molecular complexity index is 207. The second-order valence-electron chi connectivity index (χ2n) is 4.47. The zero-order valence-corrected chi connectivity index (χ0v) is 9.24. The Balaban J connectivity index is 2.46. The molecule has 0 aliphatic heterocycles. The lowest BCUT2D eigenvalue weighted by atomic mass is 10.1. The van der Waals surface area contributed by atoms with Crippen LogP contribution in [-0.2, 0) is 0 Å². The smallest absolute Gasteiger partial charge is 0.0635 e. The maximum atomic E-state index is 8.59. The molecular weight excluding hydrogens is 174 g/mol. The van der Waals surface area contributed by atoms with Crippen LogP contribution in [0, 0.1) is 11.3 Å². The summed E-state index contributed by atoms with van der Waals surface area (Å²) < 4.78 is 0. The van der Waals surface area contributed by atoms with E-state index in [1.807, 2.05) is 0 Å². The fraction of sp³-hybridized carbons (Fsp3) is 0.909. The molecule has 0 amide bonds. The normalized spacial score (nSPS) is 27.1. The van der Waals surface area contributed by atoms with Crippen LogP contribution in [-0.4, -0.2) is 29.6 Å². The Labute approximate surface area is 86.9 Å². The number of hydrogen-bond acceptors (Lipinski definition) is 3. The first kappa shape index (κ1) is 11.5. The molecule has 1 aliphatic carbocycles. The van der Waals surface area contributed by atoms with E-state index in [-0.39, 0.29) is 0 Å². The number of nitrogens with two attached hydrogens (primary N) is 1. The van der Waals surface area contributed by atoms with E-state index in [1.54, 1.807) is 0 Å². The van der Waals surface area contributed by atoms with Gasteiger partial charge in [-0.2, -0.15) is 5.26 Å². The van der Waals surface area contributed by atoms with Crippen molar-refractivity contribution in [2.24, 2.45) is 5.73 Å². The van der Waals surface area contributed by atoms with Crippen LogP contribution in [0.1, 0.15) is 39.5 Å². The Kier molecular flexibility index (Phi) is 4.37. The molecule has 0 spiro atoms. The first-order valence-corrected chi connectivity index (χ1v) is 5.53. The Morgan fingerprint density at radius 2 is 2.21 bits per heavy atom. The Hall–Kier alpha value is -0.590. The molecule has 0 bridgehead atoms. The summed E-state index contributed by atoms with van der Waals surface area (Å²) in [5.41, 5.74) is 5.90. The second-order valence-corrected chi connectivity index (χ2v) is 4.47. The van der Waals surface area contributed by atoms with Crippen molar-refractivity contribution in [2.45, 2.75) is 57.7 Å². The van der Waals surface area contributed by atoms with Gasteiger partial charge in [-0.25, -0.2) is 0 Å². The molecule has 0 radical (unpaired) electrons. The van der Waals surface area contributed by atoms with Crippen LogP contribution < -0.4 is 5.73 Å². The zero-order valence-electron chi connectivity index (χ0n) is 9.24. The van der Waals surface area contributed by atoms with Crippen LogP contribution in [0.2, 0.25) is 0 Å². The molecule has 2 N–H and O–H groups in total. The summed E-state index contributed by atoms with van der Waals surface area (Å²) in [6.07, 6.45) is 4.07. The van der Waals surface area contributed by atoms with Gasteiger partial charge in [-0.05, 0) is 33.1 Å². The van der Waals surface area contributed by atoms with Gasteiger partial charge in [-0.1, -0.05) is 0 Å². The minimum atomic E-state index is 0.378. The lowest BCUT2D eigenvalue weighted by Gasteiger charge is -2.31. The highest BCUT2D eigenvalue weighted by atomic mass is 15.2. The molecule has 0 heterocycles. The second kappa shape index (κ2) is 5.33. The van der Waals surface area contributed by atoms with Crippen molar-refractivity contribution in [1.29, 1.82) is 5.26 Å². The van der Waals surface area contributed by atoms with E-state index in [2.05, 4.69) is 24.8 Å². The van der Waals surface area contributed by atoms with Crippen molar-refractivity contribution in [1.82, 2.24) is 4.90 Å². The molecule has 14 heavy (non-hydrogen) atoms. The van der Waals surface area contributed by atoms with Gasteiger partial charge in [0.15, 0.2) is 0 Å². The van der Waals surface area contributed by atoms with Crippen LogP contribution >= 0.6 is 0 Å². The van der Waals surface area contributed by atoms with Crippen molar-refractivity contribution in [3.63, 3.8) is 0 Å². The topological polar surface area (TPSA) is 53.0 Å². The number of rotatable bonds is 4. The molecule has 2 atom stereocenters. The first-order valence-electron chi connectivity index (χ1n) is 5.53. The lowest BCUT2D eigenvalue weighted by Crippen LogP contribution is -2.40. The molecule has 3 nitrogen and oxygen atoms in total. The van der Waals surface area contributed by atoms with Crippen LogP contribution in [0.5, 0.6) is 0 Å². The molecule has 1 aliphatic rings. The predicted molar refractivity (Wildman–Crippen MR) is 57.7 cm³/mol. The van der Waals surface area contributed by atoms with E-state index in [0.717, 1.165) is 19.4 Å². The third kappa shape index (κ3) is 2.97. The molecule has 0 aromatic carbocycles. The summed E-state index contributed by atoms with van der Waals surface area (Å²) in [5, 5.41) is 8.59. The largest absolute Gasteiger partial charge is 0.328 e. The molecular formula is C11H21N3. The highest BCUT2D eigenvalue weighted by molar-refractivity contribution is 4.87. The van der Waals surface area contributed by atoms with Crippen LogP contribution in [0.15, 0.2) is 0 Å². The third-order valence-electron chi connectivity index (χ3n) is 3.06. The number of hydrogen-bond donors (Lipinski definition) is 1. The van der Waals surface area contributed by atoms with Gasteiger partial charge in [0, 0.05) is 31.1 Å². The van der Waals surface area contributed by atoms with Crippen LogP contribution in [0.3, 0.4) is 0 Å². The maximum Gasteiger partial charge on any atom is 0.0635 e. The molecule has 1 rings (SSSR count). The Morgan fingerprint density at radius 1 is 1.50 bits per heavy atom. The van der Waals surface area contributed by atoms with Gasteiger partial charge in [0.2, 0.25) is 0 Å². The summed E-state index contributed by atoms with van der Waals surface area (Å²) >= 11 is 0. The molecule has 0 saturated heterocycles. The summed E-state index contributed by atoms with van der Waals surface area (Å²) in [6.45, 7) is 5.29. The first-order chi connectivity index (χ1) is 6.65. The SMILES string of the molecule is CC(C)N(CCC#N)C1CCC(N)C1. The van der Waals surface area contributed by atoms with E-state index in [1.165, 1.54) is 6.42 Å². The van der Waals surface area contributed by atoms with Gasteiger partial charge in [-0.15, -0.1) is 0 Å². The van der Waals surface area contributed by atoms with Gasteiger partial charge < -0.3 is 5.73 Å². The average molecular weight is 195 g/mol. The van der Waals surface area contributed by atoms with Crippen molar-refractivity contribution >= 4 is 0 Å². The molecule has 0 aromatic rings. The monoisotopic (exact) mass is 195 g/mol. The minimum Gasteiger partial charge on any atom is -0.328 e. The van der Waals surface area contributed by atoms with E-state index in [9.17, 15) is 0 Å². The lowest BCUT2D eigenvalue weighted by molar-refractivity contribution is 0.158. The van der Waals surface area contributed by atoms with E-state index < -0.39 is 0 Å².